The van der Waals surface area contributed by atoms with Crippen LogP contribution in [-0.4, -0.2) is 125 Å². The van der Waals surface area contributed by atoms with Gasteiger partial charge >= 0.3 is 11.7 Å². The molecule has 8 atom stereocenters. The lowest BCUT2D eigenvalue weighted by atomic mass is 10.1. The number of aliphatic hydroxyl groups excluding tert-OH is 6. The Labute approximate surface area is 194 Å². The van der Waals surface area contributed by atoms with E-state index in [-0.39, 0.29) is 0 Å². The Morgan fingerprint density at radius 3 is 1.91 bits per heavy atom. The van der Waals surface area contributed by atoms with Crippen molar-refractivity contribution in [2.24, 2.45) is 0 Å². The van der Waals surface area contributed by atoms with Crippen LogP contribution in [0.1, 0.15) is 6.23 Å². The summed E-state index contributed by atoms with van der Waals surface area (Å²) in [5.41, 5.74) is -1.33. The number of urea groups is 1. The van der Waals surface area contributed by atoms with Gasteiger partial charge in [-0.2, -0.15) is 0 Å². The lowest BCUT2D eigenvalue weighted by Crippen LogP contribution is -2.60. The number of imide groups is 1. The van der Waals surface area contributed by atoms with Gasteiger partial charge in [0.2, 0.25) is 5.78 Å². The molecule has 3 saturated heterocycles. The van der Waals surface area contributed by atoms with Crippen LogP contribution in [0.2, 0.25) is 0 Å². The predicted molar refractivity (Wildman–Crippen MR) is 107 cm³/mol. The van der Waals surface area contributed by atoms with Crippen molar-refractivity contribution in [3.8, 4) is 0 Å². The highest BCUT2D eigenvalue weighted by molar-refractivity contribution is 6.41. The van der Waals surface area contributed by atoms with Gasteiger partial charge in [0.25, 0.3) is 11.5 Å². The zero-order valence-electron chi connectivity index (χ0n) is 17.8. The number of Topliss-reactive ketones (excluding diaryl/α,β-unsaturated/α-hetero) is 1. The van der Waals surface area contributed by atoms with Crippen LogP contribution in [0.25, 0.3) is 0 Å². The number of hydrogen-bond acceptors (Lipinski definition) is 13. The number of H-pyrrole nitrogens is 1. The lowest BCUT2D eigenvalue weighted by molar-refractivity contribution is -0.143. The summed E-state index contributed by atoms with van der Waals surface area (Å²) >= 11 is 0. The molecule has 0 aromatic carbocycles. The molecule has 0 aliphatic carbocycles. The first-order valence-corrected chi connectivity index (χ1v) is 10.2. The average Bonchev–Trinajstić information content (AvgIpc) is 3.26. The van der Waals surface area contributed by atoms with E-state index in [1.165, 1.54) is 0 Å². The summed E-state index contributed by atoms with van der Waals surface area (Å²) in [5.74, 6) is -1.88. The number of nitrogens with zero attached hydrogens (tertiary/aromatic N) is 2. The molecule has 0 bridgehead atoms. The molecule has 3 aliphatic rings. The molecule has 8 N–H and O–H groups in total. The van der Waals surface area contributed by atoms with Gasteiger partial charge in [-0.25, -0.2) is 9.59 Å². The molecule has 4 heterocycles. The molecule has 17 heteroatoms. The van der Waals surface area contributed by atoms with Crippen molar-refractivity contribution in [3.63, 3.8) is 0 Å². The summed E-state index contributed by atoms with van der Waals surface area (Å²) in [7, 11) is 0. The number of aliphatic hydroxyl groups is 6. The minimum Gasteiger partial charge on any atom is -0.394 e. The van der Waals surface area contributed by atoms with E-state index in [2.05, 4.69) is 0 Å². The third kappa shape index (κ3) is 5.31. The number of hydrogen-bond donors (Lipinski definition) is 8. The second kappa shape index (κ2) is 10.7. The van der Waals surface area contributed by atoms with E-state index >= 15 is 0 Å². The van der Waals surface area contributed by atoms with E-state index < -0.39 is 97.8 Å². The molecule has 17 nitrogen and oxygen atoms in total. The van der Waals surface area contributed by atoms with Crippen molar-refractivity contribution in [2.45, 2.75) is 49.1 Å². The smallest absolute Gasteiger partial charge is 0.330 e. The highest BCUT2D eigenvalue weighted by Crippen LogP contribution is 2.27. The van der Waals surface area contributed by atoms with Gasteiger partial charge in [-0.1, -0.05) is 0 Å². The Balaban J connectivity index is 0.000000196. The molecular formula is C18H24N4O13. The number of ether oxygens (including phenoxy) is 2. The summed E-state index contributed by atoms with van der Waals surface area (Å²) in [5, 5.41) is 57.9. The summed E-state index contributed by atoms with van der Waals surface area (Å²) in [6.45, 7) is -1.57. The van der Waals surface area contributed by atoms with Crippen LogP contribution in [0.15, 0.2) is 21.9 Å². The number of nitrogens with one attached hydrogen (secondary N) is 2. The number of carbonyl (C=O) groups excluding carboxylic acids is 3. The molecule has 3 fully saturated rings. The summed E-state index contributed by atoms with van der Waals surface area (Å²) in [6.07, 6.45) is -8.75. The standard InChI is InChI=1S/C9H12N2O7.C9H12N2O6/c12-2-4-5(14)6(15)8(18-4)11-1-3(13)7(16)10-9(11)17;12-3-4-6(14)7(15)8(17-4)11-2-1-5(13)10-9(11)16/h4-6,8,12,14-15H,1-2H2,(H,10,16,17);1-2,4,6-8,12,14-15H,3H2,(H,10,13,16)/t4-,5-,6-,8-;4-,6-,7-,8-/m11/s1. The maximum atomic E-state index is 11.5. The maximum absolute atomic E-state index is 11.5. The number of rotatable bonds is 4. The minimum absolute atomic E-state index is 0.479. The lowest BCUT2D eigenvalue weighted by Gasteiger charge is -2.31. The Morgan fingerprint density at radius 1 is 0.857 bits per heavy atom. The number of aromatic amines is 1. The van der Waals surface area contributed by atoms with Gasteiger partial charge in [0.05, 0.1) is 19.8 Å². The van der Waals surface area contributed by atoms with E-state index in [0.717, 1.165) is 21.7 Å². The maximum Gasteiger partial charge on any atom is 0.330 e. The zero-order valence-corrected chi connectivity index (χ0v) is 17.8. The zero-order chi connectivity index (χ0) is 26.0. The Hall–Kier alpha value is -3.03. The van der Waals surface area contributed by atoms with Crippen molar-refractivity contribution in [3.05, 3.63) is 33.1 Å². The average molecular weight is 504 g/mol. The molecule has 35 heavy (non-hydrogen) atoms. The highest BCUT2D eigenvalue weighted by atomic mass is 16.6. The number of aromatic nitrogens is 2. The number of ketones is 1. The molecule has 4 rings (SSSR count). The molecule has 1 aromatic heterocycles. The van der Waals surface area contributed by atoms with Crippen LogP contribution in [-0.2, 0) is 19.1 Å². The Kier molecular flexibility index (Phi) is 8.13. The first kappa shape index (κ1) is 26.6. The van der Waals surface area contributed by atoms with Crippen molar-refractivity contribution >= 4 is 17.7 Å². The van der Waals surface area contributed by atoms with Crippen molar-refractivity contribution < 1.29 is 54.5 Å². The molecule has 0 unspecified atom stereocenters. The van der Waals surface area contributed by atoms with Crippen molar-refractivity contribution in [2.75, 3.05) is 19.8 Å². The summed E-state index contributed by atoms with van der Waals surface area (Å²) in [4.78, 5) is 58.7. The van der Waals surface area contributed by atoms with Crippen LogP contribution < -0.4 is 16.6 Å². The normalized spacial score (nSPS) is 35.0. The molecule has 0 radical (unpaired) electrons. The molecular weight excluding hydrogens is 480 g/mol. The molecule has 0 saturated carbocycles. The van der Waals surface area contributed by atoms with E-state index in [1.807, 2.05) is 4.98 Å². The van der Waals surface area contributed by atoms with E-state index in [4.69, 9.17) is 19.7 Å². The van der Waals surface area contributed by atoms with Gasteiger partial charge in [0.1, 0.15) is 36.6 Å². The van der Waals surface area contributed by atoms with Crippen LogP contribution in [0.5, 0.6) is 0 Å². The first-order valence-electron chi connectivity index (χ1n) is 10.2. The quantitative estimate of drug-likeness (QED) is 0.178. The molecule has 3 aliphatic heterocycles. The van der Waals surface area contributed by atoms with Gasteiger partial charge < -0.3 is 40.1 Å². The number of carbonyl (C=O) groups is 3. The van der Waals surface area contributed by atoms with E-state index in [0.29, 0.717) is 0 Å². The topological polar surface area (TPSA) is 261 Å². The molecule has 0 spiro atoms. The largest absolute Gasteiger partial charge is 0.394 e. The van der Waals surface area contributed by atoms with Crippen molar-refractivity contribution in [1.29, 1.82) is 0 Å². The molecule has 3 amide bonds. The third-order valence-electron chi connectivity index (χ3n) is 5.52. The SMILES string of the molecule is O=C1CN([C@@H]2O[C@H](CO)[C@@H](O)[C@H]2O)C(=O)NC1=O.O=c1ccn([C@@H]2O[C@H](CO)[C@@H](O)[C@H]2O)c(=O)[nH]1. The molecule has 1 aromatic rings. The second-order valence-electron chi connectivity index (χ2n) is 7.79. The summed E-state index contributed by atoms with van der Waals surface area (Å²) in [6, 6.07) is 0.199. The Bertz CT molecular complexity index is 1070. The van der Waals surface area contributed by atoms with Crippen LogP contribution >= 0.6 is 0 Å². The van der Waals surface area contributed by atoms with E-state index in [9.17, 15) is 44.4 Å². The van der Waals surface area contributed by atoms with Crippen LogP contribution in [0, 0.1) is 0 Å². The fraction of sp³-hybridized carbons (Fsp3) is 0.611. The summed E-state index contributed by atoms with van der Waals surface area (Å²) < 4.78 is 11.2. The monoisotopic (exact) mass is 504 g/mol. The van der Waals surface area contributed by atoms with Crippen LogP contribution in [0.3, 0.4) is 0 Å². The predicted octanol–water partition coefficient (Wildman–Crippen LogP) is -6.31. The minimum atomic E-state index is -1.46. The van der Waals surface area contributed by atoms with Gasteiger partial charge in [-0.15, -0.1) is 0 Å². The fourth-order valence-electron chi connectivity index (χ4n) is 3.62. The van der Waals surface area contributed by atoms with Gasteiger partial charge in [0.15, 0.2) is 12.5 Å². The Morgan fingerprint density at radius 2 is 1.40 bits per heavy atom. The van der Waals surface area contributed by atoms with Crippen LogP contribution in [0.4, 0.5) is 4.79 Å². The molecule has 194 valence electrons. The third-order valence-corrected chi connectivity index (χ3v) is 5.52. The van der Waals surface area contributed by atoms with Gasteiger partial charge in [-0.05, 0) is 0 Å². The number of amides is 3. The second-order valence-corrected chi connectivity index (χ2v) is 7.79. The highest BCUT2D eigenvalue weighted by Gasteiger charge is 2.49. The van der Waals surface area contributed by atoms with Gasteiger partial charge in [0, 0.05) is 12.3 Å². The van der Waals surface area contributed by atoms with E-state index in [1.54, 1.807) is 5.32 Å². The first-order chi connectivity index (χ1) is 16.5. The van der Waals surface area contributed by atoms with Crippen molar-refractivity contribution in [1.82, 2.24) is 19.8 Å². The van der Waals surface area contributed by atoms with Gasteiger partial charge in [-0.3, -0.25) is 34.2 Å². The fourth-order valence-corrected chi connectivity index (χ4v) is 3.62.